The molecular weight excluding hydrogens is 238 g/mol. The summed E-state index contributed by atoms with van der Waals surface area (Å²) < 4.78 is 0. The third kappa shape index (κ3) is 2.23. The Bertz CT molecular complexity index is 518. The van der Waals surface area contributed by atoms with E-state index in [0.717, 1.165) is 12.8 Å². The van der Waals surface area contributed by atoms with E-state index in [9.17, 15) is 0 Å². The van der Waals surface area contributed by atoms with Gasteiger partial charge in [0.25, 0.3) is 0 Å². The van der Waals surface area contributed by atoms with Crippen LogP contribution in [0.15, 0.2) is 41.8 Å². The van der Waals surface area contributed by atoms with Crippen LogP contribution in [0, 0.1) is 0 Å². The zero-order valence-corrected chi connectivity index (χ0v) is 11.4. The van der Waals surface area contributed by atoms with Crippen LogP contribution in [-0.2, 0) is 18.4 Å². The lowest BCUT2D eigenvalue weighted by Crippen LogP contribution is -2.39. The summed E-state index contributed by atoms with van der Waals surface area (Å²) in [6.45, 7) is 0. The maximum absolute atomic E-state index is 6.77. The molecule has 0 saturated heterocycles. The highest BCUT2D eigenvalue weighted by Gasteiger charge is 2.31. The maximum atomic E-state index is 6.77. The van der Waals surface area contributed by atoms with Crippen molar-refractivity contribution in [1.29, 1.82) is 0 Å². The molecule has 2 heteroatoms. The Labute approximate surface area is 113 Å². The molecule has 0 radical (unpaired) electrons. The smallest absolute Gasteiger partial charge is 0.0461 e. The molecule has 0 bridgehead atoms. The van der Waals surface area contributed by atoms with Crippen LogP contribution >= 0.6 is 11.3 Å². The fourth-order valence-corrected chi connectivity index (χ4v) is 3.85. The van der Waals surface area contributed by atoms with Crippen molar-refractivity contribution in [2.75, 3.05) is 0 Å². The molecular formula is C16H19NS. The predicted molar refractivity (Wildman–Crippen MR) is 77.9 cm³/mol. The summed E-state index contributed by atoms with van der Waals surface area (Å²) in [4.78, 5) is 1.40. The minimum atomic E-state index is -0.169. The Morgan fingerprint density at radius 2 is 2.00 bits per heavy atom. The van der Waals surface area contributed by atoms with Gasteiger partial charge in [-0.2, -0.15) is 0 Å². The quantitative estimate of drug-likeness (QED) is 0.812. The number of hydrogen-bond acceptors (Lipinski definition) is 2. The lowest BCUT2D eigenvalue weighted by atomic mass is 9.82. The number of hydrogen-bond donors (Lipinski definition) is 1. The fourth-order valence-electron chi connectivity index (χ4n) is 3.02. The summed E-state index contributed by atoms with van der Waals surface area (Å²) in [6, 6.07) is 13.1. The Hall–Kier alpha value is -1.12. The van der Waals surface area contributed by atoms with Crippen LogP contribution in [0.25, 0.3) is 0 Å². The molecule has 1 nitrogen and oxygen atoms in total. The molecule has 1 aromatic heterocycles. The van der Waals surface area contributed by atoms with Crippen LogP contribution in [0.5, 0.6) is 0 Å². The van der Waals surface area contributed by atoms with Gasteiger partial charge in [0, 0.05) is 16.8 Å². The summed E-state index contributed by atoms with van der Waals surface area (Å²) >= 11 is 1.82. The molecule has 18 heavy (non-hydrogen) atoms. The number of aryl methyl sites for hydroxylation is 1. The molecule has 0 fully saturated rings. The molecule has 0 amide bonds. The average molecular weight is 257 g/mol. The van der Waals surface area contributed by atoms with Crippen LogP contribution in [0.4, 0.5) is 0 Å². The third-order valence-electron chi connectivity index (χ3n) is 3.94. The highest BCUT2D eigenvalue weighted by Crippen LogP contribution is 2.35. The SMILES string of the molecule is NC1(Cc2cccs2)CCCCc2ccccc21. The van der Waals surface area contributed by atoms with Crippen molar-refractivity contribution in [2.24, 2.45) is 5.73 Å². The van der Waals surface area contributed by atoms with Crippen molar-refractivity contribution in [3.8, 4) is 0 Å². The standard InChI is InChI=1S/C16H19NS/c17-16(12-14-8-5-11-18-14)10-4-3-7-13-6-1-2-9-15(13)16/h1-2,5-6,8-9,11H,3-4,7,10,12,17H2. The minimum absolute atomic E-state index is 0.169. The van der Waals surface area contributed by atoms with E-state index in [-0.39, 0.29) is 5.54 Å². The van der Waals surface area contributed by atoms with Gasteiger partial charge in [0.1, 0.15) is 0 Å². The highest BCUT2D eigenvalue weighted by molar-refractivity contribution is 7.09. The summed E-state index contributed by atoms with van der Waals surface area (Å²) in [5.41, 5.74) is 9.42. The molecule has 1 atom stereocenters. The molecule has 1 heterocycles. The van der Waals surface area contributed by atoms with Gasteiger partial charge in [-0.1, -0.05) is 36.8 Å². The number of nitrogens with two attached hydrogens (primary N) is 1. The Balaban J connectivity index is 1.99. The molecule has 1 aliphatic carbocycles. The Morgan fingerprint density at radius 3 is 2.83 bits per heavy atom. The first-order valence-electron chi connectivity index (χ1n) is 6.68. The highest BCUT2D eigenvalue weighted by atomic mass is 32.1. The first-order chi connectivity index (χ1) is 8.78. The number of thiophene rings is 1. The van der Waals surface area contributed by atoms with E-state index in [1.165, 1.54) is 35.3 Å². The second kappa shape index (κ2) is 4.87. The van der Waals surface area contributed by atoms with Gasteiger partial charge in [0.05, 0.1) is 0 Å². The van der Waals surface area contributed by atoms with Crippen molar-refractivity contribution < 1.29 is 0 Å². The van der Waals surface area contributed by atoms with Gasteiger partial charge in [-0.3, -0.25) is 0 Å². The third-order valence-corrected chi connectivity index (χ3v) is 4.82. The van der Waals surface area contributed by atoms with Crippen LogP contribution in [0.3, 0.4) is 0 Å². The molecule has 1 unspecified atom stereocenters. The fraction of sp³-hybridized carbons (Fsp3) is 0.375. The molecule has 2 aromatic rings. The van der Waals surface area contributed by atoms with Crippen molar-refractivity contribution >= 4 is 11.3 Å². The number of benzene rings is 1. The zero-order chi connectivity index (χ0) is 12.4. The lowest BCUT2D eigenvalue weighted by molar-refractivity contribution is 0.401. The van der Waals surface area contributed by atoms with E-state index in [1.54, 1.807) is 0 Å². The molecule has 1 aliphatic rings. The second-order valence-corrected chi connectivity index (χ2v) is 6.31. The van der Waals surface area contributed by atoms with E-state index in [1.807, 2.05) is 11.3 Å². The topological polar surface area (TPSA) is 26.0 Å². The second-order valence-electron chi connectivity index (χ2n) is 5.28. The minimum Gasteiger partial charge on any atom is -0.321 e. The molecule has 0 saturated carbocycles. The lowest BCUT2D eigenvalue weighted by Gasteiger charge is -2.30. The van der Waals surface area contributed by atoms with E-state index < -0.39 is 0 Å². The van der Waals surface area contributed by atoms with Gasteiger partial charge >= 0.3 is 0 Å². The van der Waals surface area contributed by atoms with Crippen LogP contribution in [-0.4, -0.2) is 0 Å². The normalized spacial score (nSPS) is 23.4. The molecule has 1 aromatic carbocycles. The summed E-state index contributed by atoms with van der Waals surface area (Å²) in [5.74, 6) is 0. The van der Waals surface area contributed by atoms with E-state index in [0.29, 0.717) is 0 Å². The molecule has 94 valence electrons. The Kier molecular flexibility index (Phi) is 3.23. The van der Waals surface area contributed by atoms with Crippen LogP contribution in [0.1, 0.15) is 35.3 Å². The van der Waals surface area contributed by atoms with Gasteiger partial charge in [-0.15, -0.1) is 11.3 Å². The van der Waals surface area contributed by atoms with Crippen molar-refractivity contribution in [3.05, 3.63) is 57.8 Å². The number of fused-ring (bicyclic) bond motifs is 1. The van der Waals surface area contributed by atoms with Gasteiger partial charge in [-0.05, 0) is 41.8 Å². The summed E-state index contributed by atoms with van der Waals surface area (Å²) in [7, 11) is 0. The summed E-state index contributed by atoms with van der Waals surface area (Å²) in [5, 5.41) is 2.14. The molecule has 2 N–H and O–H groups in total. The van der Waals surface area contributed by atoms with Gasteiger partial charge in [0.15, 0.2) is 0 Å². The first-order valence-corrected chi connectivity index (χ1v) is 7.56. The zero-order valence-electron chi connectivity index (χ0n) is 10.6. The van der Waals surface area contributed by atoms with Gasteiger partial charge in [0.2, 0.25) is 0 Å². The summed E-state index contributed by atoms with van der Waals surface area (Å²) in [6.07, 6.45) is 5.75. The van der Waals surface area contributed by atoms with Gasteiger partial charge in [-0.25, -0.2) is 0 Å². The molecule has 0 spiro atoms. The largest absolute Gasteiger partial charge is 0.321 e. The monoisotopic (exact) mass is 257 g/mol. The molecule has 0 aliphatic heterocycles. The van der Waals surface area contributed by atoms with E-state index in [4.69, 9.17) is 5.73 Å². The van der Waals surface area contributed by atoms with Crippen LogP contribution in [0.2, 0.25) is 0 Å². The Morgan fingerprint density at radius 1 is 1.11 bits per heavy atom. The average Bonchev–Trinajstić information content (AvgIpc) is 2.82. The van der Waals surface area contributed by atoms with Crippen molar-refractivity contribution in [1.82, 2.24) is 0 Å². The van der Waals surface area contributed by atoms with Gasteiger partial charge < -0.3 is 5.73 Å². The van der Waals surface area contributed by atoms with Crippen molar-refractivity contribution in [2.45, 2.75) is 37.6 Å². The van der Waals surface area contributed by atoms with Crippen molar-refractivity contribution in [3.63, 3.8) is 0 Å². The van der Waals surface area contributed by atoms with Crippen LogP contribution < -0.4 is 5.73 Å². The first kappa shape index (κ1) is 11.9. The van der Waals surface area contributed by atoms with E-state index >= 15 is 0 Å². The predicted octanol–water partition coefficient (Wildman–Crippen LogP) is 3.87. The maximum Gasteiger partial charge on any atom is 0.0461 e. The molecule has 3 rings (SSSR count). The number of rotatable bonds is 2. The van der Waals surface area contributed by atoms with E-state index in [2.05, 4.69) is 41.8 Å².